The van der Waals surface area contributed by atoms with E-state index in [0.717, 1.165) is 12.1 Å². The zero-order chi connectivity index (χ0) is 13.8. The van der Waals surface area contributed by atoms with E-state index >= 15 is 0 Å². The third-order valence-electron chi connectivity index (χ3n) is 4.17. The molecule has 1 aromatic carbocycles. The number of hydrogen-bond donors (Lipinski definition) is 1. The number of nitrogens with zero attached hydrogens (tertiary/aromatic N) is 1. The van der Waals surface area contributed by atoms with Crippen molar-refractivity contribution in [2.45, 2.75) is 45.1 Å². The Bertz CT molecular complexity index is 411. The molecule has 1 aliphatic carbocycles. The number of hydrogen-bond acceptors (Lipinski definition) is 2. The minimum atomic E-state index is -0.159. The van der Waals surface area contributed by atoms with Gasteiger partial charge < -0.3 is 10.6 Å². The van der Waals surface area contributed by atoms with Crippen LogP contribution in [0.3, 0.4) is 0 Å². The topological polar surface area (TPSA) is 29.3 Å². The molecule has 0 amide bonds. The standard InChI is InChI=1S/C16H25FN2/c1-12(18)14-8-9-16(15(17)10-14)19(2)11-13-6-4-3-5-7-13/h8-10,12-13H,3-7,11,18H2,1-2H3/t12-/m0/s1. The van der Waals surface area contributed by atoms with Crippen LogP contribution in [-0.2, 0) is 0 Å². The smallest absolute Gasteiger partial charge is 0.146 e. The van der Waals surface area contributed by atoms with Crippen LogP contribution in [0.2, 0.25) is 0 Å². The van der Waals surface area contributed by atoms with E-state index in [4.69, 9.17) is 5.73 Å². The maximum absolute atomic E-state index is 14.1. The number of halogens is 1. The fourth-order valence-electron chi connectivity index (χ4n) is 2.97. The van der Waals surface area contributed by atoms with E-state index in [0.29, 0.717) is 11.6 Å². The van der Waals surface area contributed by atoms with Gasteiger partial charge in [0.2, 0.25) is 0 Å². The first-order chi connectivity index (χ1) is 9.08. The van der Waals surface area contributed by atoms with Gasteiger partial charge in [-0.05, 0) is 43.4 Å². The molecule has 0 saturated heterocycles. The second kappa shape index (κ2) is 6.38. The van der Waals surface area contributed by atoms with Gasteiger partial charge in [-0.15, -0.1) is 0 Å². The minimum absolute atomic E-state index is 0.118. The molecule has 1 atom stereocenters. The van der Waals surface area contributed by atoms with E-state index < -0.39 is 0 Å². The van der Waals surface area contributed by atoms with Crippen LogP contribution < -0.4 is 10.6 Å². The van der Waals surface area contributed by atoms with Crippen LogP contribution in [0, 0.1) is 11.7 Å². The first kappa shape index (κ1) is 14.3. The lowest BCUT2D eigenvalue weighted by molar-refractivity contribution is 0.361. The Labute approximate surface area is 115 Å². The lowest BCUT2D eigenvalue weighted by Gasteiger charge is -2.28. The highest BCUT2D eigenvalue weighted by Crippen LogP contribution is 2.27. The second-order valence-electron chi connectivity index (χ2n) is 5.88. The molecule has 0 unspecified atom stereocenters. The molecule has 1 aromatic rings. The van der Waals surface area contributed by atoms with Crippen LogP contribution in [0.1, 0.15) is 50.6 Å². The lowest BCUT2D eigenvalue weighted by atomic mass is 9.89. The summed E-state index contributed by atoms with van der Waals surface area (Å²) in [5, 5.41) is 0. The van der Waals surface area contributed by atoms with Gasteiger partial charge >= 0.3 is 0 Å². The predicted molar refractivity (Wildman–Crippen MR) is 78.8 cm³/mol. The van der Waals surface area contributed by atoms with E-state index in [-0.39, 0.29) is 11.9 Å². The maximum atomic E-state index is 14.1. The molecule has 19 heavy (non-hydrogen) atoms. The van der Waals surface area contributed by atoms with E-state index in [1.54, 1.807) is 6.07 Å². The Morgan fingerprint density at radius 1 is 1.32 bits per heavy atom. The first-order valence-electron chi connectivity index (χ1n) is 7.34. The van der Waals surface area contributed by atoms with Crippen molar-refractivity contribution < 1.29 is 4.39 Å². The summed E-state index contributed by atoms with van der Waals surface area (Å²) >= 11 is 0. The summed E-state index contributed by atoms with van der Waals surface area (Å²) < 4.78 is 14.1. The van der Waals surface area contributed by atoms with Gasteiger partial charge in [-0.3, -0.25) is 0 Å². The SMILES string of the molecule is C[C@H](N)c1ccc(N(C)CC2CCCCC2)c(F)c1. The Hall–Kier alpha value is -1.09. The van der Waals surface area contributed by atoms with E-state index in [2.05, 4.69) is 4.90 Å². The summed E-state index contributed by atoms with van der Waals surface area (Å²) in [4.78, 5) is 2.05. The van der Waals surface area contributed by atoms with E-state index in [1.807, 2.05) is 26.1 Å². The molecular weight excluding hydrogens is 239 g/mol. The number of nitrogens with two attached hydrogens (primary N) is 1. The molecule has 2 nitrogen and oxygen atoms in total. The van der Waals surface area contributed by atoms with Gasteiger partial charge in [0.1, 0.15) is 5.82 Å². The van der Waals surface area contributed by atoms with Crippen LogP contribution >= 0.6 is 0 Å². The molecule has 3 heteroatoms. The van der Waals surface area contributed by atoms with Gasteiger partial charge in [0.15, 0.2) is 0 Å². The maximum Gasteiger partial charge on any atom is 0.146 e. The Morgan fingerprint density at radius 2 is 2.00 bits per heavy atom. The molecule has 1 fully saturated rings. The zero-order valence-electron chi connectivity index (χ0n) is 12.0. The Balaban J connectivity index is 2.03. The monoisotopic (exact) mass is 264 g/mol. The predicted octanol–water partition coefficient (Wildman–Crippen LogP) is 3.86. The van der Waals surface area contributed by atoms with E-state index in [9.17, 15) is 4.39 Å². The quantitative estimate of drug-likeness (QED) is 0.894. The van der Waals surface area contributed by atoms with Crippen molar-refractivity contribution in [3.8, 4) is 0 Å². The van der Waals surface area contributed by atoms with Crippen LogP contribution in [-0.4, -0.2) is 13.6 Å². The summed E-state index contributed by atoms with van der Waals surface area (Å²) in [5.41, 5.74) is 7.32. The largest absolute Gasteiger partial charge is 0.372 e. The van der Waals surface area contributed by atoms with Crippen LogP contribution in [0.15, 0.2) is 18.2 Å². The van der Waals surface area contributed by atoms with Crippen molar-refractivity contribution in [3.63, 3.8) is 0 Å². The van der Waals surface area contributed by atoms with Crippen molar-refractivity contribution in [1.29, 1.82) is 0 Å². The molecular formula is C16H25FN2. The van der Waals surface area contributed by atoms with Crippen LogP contribution in [0.4, 0.5) is 10.1 Å². The molecule has 2 rings (SSSR count). The molecule has 0 radical (unpaired) electrons. The molecule has 0 spiro atoms. The summed E-state index contributed by atoms with van der Waals surface area (Å²) in [6.45, 7) is 2.83. The lowest BCUT2D eigenvalue weighted by Crippen LogP contribution is -2.27. The molecule has 0 aromatic heterocycles. The van der Waals surface area contributed by atoms with Gasteiger partial charge in [0, 0.05) is 19.6 Å². The second-order valence-corrected chi connectivity index (χ2v) is 5.88. The summed E-state index contributed by atoms with van der Waals surface area (Å²) in [6.07, 6.45) is 6.57. The third kappa shape index (κ3) is 3.69. The molecule has 0 bridgehead atoms. The first-order valence-corrected chi connectivity index (χ1v) is 7.34. The number of benzene rings is 1. The fraction of sp³-hybridized carbons (Fsp3) is 0.625. The van der Waals surface area contributed by atoms with Gasteiger partial charge in [-0.25, -0.2) is 4.39 Å². The highest BCUT2D eigenvalue weighted by molar-refractivity contribution is 5.49. The molecule has 1 aliphatic rings. The van der Waals surface area contributed by atoms with Gasteiger partial charge in [-0.2, -0.15) is 0 Å². The molecule has 2 N–H and O–H groups in total. The van der Waals surface area contributed by atoms with Crippen molar-refractivity contribution >= 4 is 5.69 Å². The summed E-state index contributed by atoms with van der Waals surface area (Å²) in [7, 11) is 1.98. The fourth-order valence-corrected chi connectivity index (χ4v) is 2.97. The van der Waals surface area contributed by atoms with Crippen molar-refractivity contribution in [2.75, 3.05) is 18.5 Å². The number of anilines is 1. The summed E-state index contributed by atoms with van der Waals surface area (Å²) in [6, 6.07) is 5.24. The van der Waals surface area contributed by atoms with E-state index in [1.165, 1.54) is 32.1 Å². The summed E-state index contributed by atoms with van der Waals surface area (Å²) in [5.74, 6) is 0.555. The average Bonchev–Trinajstić information content (AvgIpc) is 2.39. The average molecular weight is 264 g/mol. The third-order valence-corrected chi connectivity index (χ3v) is 4.17. The van der Waals surface area contributed by atoms with Crippen LogP contribution in [0.25, 0.3) is 0 Å². The van der Waals surface area contributed by atoms with Crippen molar-refractivity contribution in [3.05, 3.63) is 29.6 Å². The van der Waals surface area contributed by atoms with Crippen molar-refractivity contribution in [2.24, 2.45) is 11.7 Å². The van der Waals surface area contributed by atoms with Crippen LogP contribution in [0.5, 0.6) is 0 Å². The zero-order valence-corrected chi connectivity index (χ0v) is 12.0. The molecule has 1 saturated carbocycles. The molecule has 0 heterocycles. The minimum Gasteiger partial charge on any atom is -0.372 e. The Morgan fingerprint density at radius 3 is 2.58 bits per heavy atom. The number of rotatable bonds is 4. The highest BCUT2D eigenvalue weighted by Gasteiger charge is 2.17. The van der Waals surface area contributed by atoms with Crippen molar-refractivity contribution in [1.82, 2.24) is 0 Å². The highest BCUT2D eigenvalue weighted by atomic mass is 19.1. The molecule has 106 valence electrons. The normalized spacial score (nSPS) is 18.3. The van der Waals surface area contributed by atoms with Gasteiger partial charge in [-0.1, -0.05) is 25.3 Å². The Kier molecular flexibility index (Phi) is 4.81. The van der Waals surface area contributed by atoms with Gasteiger partial charge in [0.05, 0.1) is 5.69 Å². The van der Waals surface area contributed by atoms with Gasteiger partial charge in [0.25, 0.3) is 0 Å². The molecule has 0 aliphatic heterocycles.